The molecule has 2 rings (SSSR count). The molecule has 0 spiro atoms. The van der Waals surface area contributed by atoms with Crippen LogP contribution in [0, 0.1) is 10.1 Å². The number of nitro benzene ring substituents is 1. The molecule has 0 atom stereocenters. The van der Waals surface area contributed by atoms with Crippen molar-refractivity contribution in [3.8, 4) is 0 Å². The number of non-ortho nitro benzene ring substituents is 1. The Bertz CT molecular complexity index is 610. The first-order valence-corrected chi connectivity index (χ1v) is 9.16. The van der Waals surface area contributed by atoms with Gasteiger partial charge in [-0.15, -0.1) is 0 Å². The van der Waals surface area contributed by atoms with Gasteiger partial charge in [-0.25, -0.2) is 4.72 Å². The summed E-state index contributed by atoms with van der Waals surface area (Å²) in [4.78, 5) is 10.1. The van der Waals surface area contributed by atoms with Crippen LogP contribution in [0.5, 0.6) is 0 Å². The second-order valence-corrected chi connectivity index (χ2v) is 7.20. The molecule has 2 N–H and O–H groups in total. The largest absolute Gasteiger partial charge is 0.384 e. The van der Waals surface area contributed by atoms with Crippen molar-refractivity contribution in [1.82, 2.24) is 9.03 Å². The van der Waals surface area contributed by atoms with Crippen LogP contribution in [0.1, 0.15) is 25.7 Å². The summed E-state index contributed by atoms with van der Waals surface area (Å²) in [6.07, 6.45) is 3.96. The first kappa shape index (κ1) is 17.6. The first-order valence-electron chi connectivity index (χ1n) is 7.72. The van der Waals surface area contributed by atoms with Gasteiger partial charge in [-0.1, -0.05) is 12.8 Å². The van der Waals surface area contributed by atoms with Crippen LogP contribution in [0.3, 0.4) is 0 Å². The first-order chi connectivity index (χ1) is 11.0. The van der Waals surface area contributed by atoms with Gasteiger partial charge in [0.05, 0.1) is 4.92 Å². The Kier molecular flexibility index (Phi) is 6.31. The van der Waals surface area contributed by atoms with E-state index in [2.05, 4.69) is 10.0 Å². The lowest BCUT2D eigenvalue weighted by Crippen LogP contribution is -2.42. The van der Waals surface area contributed by atoms with Crippen LogP contribution in [0.15, 0.2) is 24.3 Å². The number of rotatable bonds is 7. The molecule has 1 aromatic rings. The minimum absolute atomic E-state index is 0.0254. The van der Waals surface area contributed by atoms with Crippen LogP contribution >= 0.6 is 0 Å². The van der Waals surface area contributed by atoms with Crippen molar-refractivity contribution in [2.75, 3.05) is 31.5 Å². The van der Waals surface area contributed by atoms with Gasteiger partial charge < -0.3 is 5.32 Å². The second kappa shape index (κ2) is 8.23. The molecule has 0 radical (unpaired) electrons. The maximum absolute atomic E-state index is 12.2. The monoisotopic (exact) mass is 342 g/mol. The Morgan fingerprint density at radius 3 is 2.22 bits per heavy atom. The van der Waals surface area contributed by atoms with Crippen LogP contribution in [-0.4, -0.2) is 43.8 Å². The molecule has 128 valence electrons. The highest BCUT2D eigenvalue weighted by molar-refractivity contribution is 7.87. The molecule has 0 aromatic heterocycles. The van der Waals surface area contributed by atoms with E-state index in [-0.39, 0.29) is 12.2 Å². The zero-order valence-corrected chi connectivity index (χ0v) is 13.7. The van der Waals surface area contributed by atoms with E-state index in [1.54, 1.807) is 12.1 Å². The highest BCUT2D eigenvalue weighted by Gasteiger charge is 2.21. The average molecular weight is 342 g/mol. The fourth-order valence-corrected chi connectivity index (χ4v) is 3.74. The van der Waals surface area contributed by atoms with Crippen molar-refractivity contribution >= 4 is 21.6 Å². The van der Waals surface area contributed by atoms with Crippen LogP contribution < -0.4 is 10.0 Å². The lowest BCUT2D eigenvalue weighted by atomic mass is 10.2. The summed E-state index contributed by atoms with van der Waals surface area (Å²) in [5.41, 5.74) is 0.738. The Balaban J connectivity index is 1.76. The lowest BCUT2D eigenvalue weighted by Gasteiger charge is -2.20. The minimum atomic E-state index is -3.43. The van der Waals surface area contributed by atoms with Gasteiger partial charge in [0, 0.05) is 44.0 Å². The normalized spacial score (nSPS) is 16.7. The smallest absolute Gasteiger partial charge is 0.279 e. The number of nitro groups is 1. The van der Waals surface area contributed by atoms with Gasteiger partial charge in [-0.05, 0) is 25.0 Å². The predicted molar refractivity (Wildman–Crippen MR) is 88.5 cm³/mol. The maximum Gasteiger partial charge on any atom is 0.279 e. The summed E-state index contributed by atoms with van der Waals surface area (Å²) in [6.45, 7) is 1.82. The second-order valence-electron chi connectivity index (χ2n) is 5.44. The van der Waals surface area contributed by atoms with Crippen molar-refractivity contribution in [3.63, 3.8) is 0 Å². The van der Waals surface area contributed by atoms with Crippen molar-refractivity contribution in [2.24, 2.45) is 0 Å². The zero-order chi connectivity index (χ0) is 16.7. The summed E-state index contributed by atoms with van der Waals surface area (Å²) in [5, 5.41) is 13.6. The molecule has 1 fully saturated rings. The maximum atomic E-state index is 12.2. The van der Waals surface area contributed by atoms with E-state index in [0.29, 0.717) is 25.3 Å². The van der Waals surface area contributed by atoms with Crippen LogP contribution in [-0.2, 0) is 10.2 Å². The third-order valence-corrected chi connectivity index (χ3v) is 5.34. The average Bonchev–Trinajstić information content (AvgIpc) is 2.82. The molecule has 0 aliphatic carbocycles. The Labute approximate surface area is 136 Å². The molecule has 0 bridgehead atoms. The molecule has 0 saturated carbocycles. The summed E-state index contributed by atoms with van der Waals surface area (Å²) in [5.74, 6) is 0. The van der Waals surface area contributed by atoms with Gasteiger partial charge >= 0.3 is 0 Å². The van der Waals surface area contributed by atoms with Crippen LogP contribution in [0.2, 0.25) is 0 Å². The molecule has 1 heterocycles. The van der Waals surface area contributed by atoms with Crippen molar-refractivity contribution in [1.29, 1.82) is 0 Å². The predicted octanol–water partition coefficient (Wildman–Crippen LogP) is 1.72. The van der Waals surface area contributed by atoms with Crippen molar-refractivity contribution < 1.29 is 13.3 Å². The van der Waals surface area contributed by atoms with Gasteiger partial charge in [0.15, 0.2) is 0 Å². The van der Waals surface area contributed by atoms with Crippen molar-refractivity contribution in [3.05, 3.63) is 34.4 Å². The number of nitrogens with zero attached hydrogens (tertiary/aromatic N) is 2. The summed E-state index contributed by atoms with van der Waals surface area (Å²) < 4.78 is 28.5. The summed E-state index contributed by atoms with van der Waals surface area (Å²) in [7, 11) is -3.43. The molecule has 23 heavy (non-hydrogen) atoms. The highest BCUT2D eigenvalue weighted by Crippen LogP contribution is 2.15. The highest BCUT2D eigenvalue weighted by atomic mass is 32.2. The van der Waals surface area contributed by atoms with Gasteiger partial charge in [0.1, 0.15) is 0 Å². The molecule has 0 amide bonds. The van der Waals surface area contributed by atoms with Crippen LogP contribution in [0.25, 0.3) is 0 Å². The van der Waals surface area contributed by atoms with Gasteiger partial charge in [0.25, 0.3) is 15.9 Å². The van der Waals surface area contributed by atoms with Crippen LogP contribution in [0.4, 0.5) is 11.4 Å². The SMILES string of the molecule is O=[N+]([O-])c1ccc(NCCNS(=O)(=O)N2CCCCCC2)cc1. The molecular weight excluding hydrogens is 320 g/mol. The molecule has 9 heteroatoms. The van der Waals surface area contributed by atoms with Crippen molar-refractivity contribution in [2.45, 2.75) is 25.7 Å². The van der Waals surface area contributed by atoms with E-state index in [1.807, 2.05) is 0 Å². The number of hydrogen-bond acceptors (Lipinski definition) is 5. The molecule has 1 aliphatic rings. The fourth-order valence-electron chi connectivity index (χ4n) is 2.46. The molecule has 1 aromatic carbocycles. The molecule has 1 aliphatic heterocycles. The van der Waals surface area contributed by atoms with Gasteiger partial charge in [0.2, 0.25) is 0 Å². The van der Waals surface area contributed by atoms with E-state index in [0.717, 1.165) is 25.7 Å². The Morgan fingerprint density at radius 1 is 1.04 bits per heavy atom. The quantitative estimate of drug-likeness (QED) is 0.446. The lowest BCUT2D eigenvalue weighted by molar-refractivity contribution is -0.384. The standard InChI is InChI=1S/C14H22N4O4S/c19-18(20)14-7-5-13(6-8-14)15-9-10-16-23(21,22)17-11-3-1-2-4-12-17/h5-8,15-16H,1-4,9-12H2. The number of hydrogen-bond donors (Lipinski definition) is 2. The third-order valence-electron chi connectivity index (χ3n) is 3.72. The van der Waals surface area contributed by atoms with E-state index in [4.69, 9.17) is 0 Å². The Hall–Kier alpha value is -1.71. The van der Waals surface area contributed by atoms with E-state index < -0.39 is 15.1 Å². The number of anilines is 1. The fraction of sp³-hybridized carbons (Fsp3) is 0.571. The van der Waals surface area contributed by atoms with E-state index in [9.17, 15) is 18.5 Å². The molecular formula is C14H22N4O4S. The van der Waals surface area contributed by atoms with Gasteiger partial charge in [-0.3, -0.25) is 10.1 Å². The van der Waals surface area contributed by atoms with Gasteiger partial charge in [-0.2, -0.15) is 12.7 Å². The zero-order valence-electron chi connectivity index (χ0n) is 12.9. The number of benzene rings is 1. The Morgan fingerprint density at radius 2 is 1.65 bits per heavy atom. The molecule has 1 saturated heterocycles. The third kappa shape index (κ3) is 5.45. The van der Waals surface area contributed by atoms with E-state index >= 15 is 0 Å². The van der Waals surface area contributed by atoms with E-state index in [1.165, 1.54) is 16.4 Å². The molecule has 8 nitrogen and oxygen atoms in total. The topological polar surface area (TPSA) is 105 Å². The number of nitrogens with one attached hydrogen (secondary N) is 2. The molecule has 0 unspecified atom stereocenters. The summed E-state index contributed by atoms with van der Waals surface area (Å²) >= 11 is 0. The summed E-state index contributed by atoms with van der Waals surface area (Å²) in [6, 6.07) is 6.01. The minimum Gasteiger partial charge on any atom is -0.384 e.